The third-order valence-electron chi connectivity index (χ3n) is 12.5. The second kappa shape index (κ2) is 13.9. The van der Waals surface area contributed by atoms with Crippen LogP contribution in [0.2, 0.25) is 36.3 Å². The van der Waals surface area contributed by atoms with Crippen molar-refractivity contribution in [3.8, 4) is 11.8 Å². The molecular weight excluding hydrogens is 577 g/mol. The number of hydrogen-bond acceptors (Lipinski definition) is 4. The molecule has 44 heavy (non-hydrogen) atoms. The fraction of sp³-hybridized carbons (Fsp3) is 0.816. The molecule has 0 N–H and O–H groups in total. The summed E-state index contributed by atoms with van der Waals surface area (Å²) in [5.41, 5.74) is 4.20. The largest absolute Gasteiger partial charge is 0.469 e. The number of esters is 1. The summed E-state index contributed by atoms with van der Waals surface area (Å²) in [6, 6.07) is 0. The quantitative estimate of drug-likeness (QED) is 0.143. The summed E-state index contributed by atoms with van der Waals surface area (Å²) in [4.78, 5) is 11.7. The van der Waals surface area contributed by atoms with E-state index in [1.807, 2.05) is 0 Å². The average molecular weight is 643 g/mol. The van der Waals surface area contributed by atoms with E-state index < -0.39 is 16.6 Å². The van der Waals surface area contributed by atoms with Gasteiger partial charge in [-0.1, -0.05) is 73.3 Å². The van der Waals surface area contributed by atoms with Gasteiger partial charge in [-0.15, -0.1) is 0 Å². The smallest absolute Gasteiger partial charge is 0.305 e. The molecule has 0 heterocycles. The second-order valence-corrected chi connectivity index (χ2v) is 27.1. The number of allylic oxidation sites excluding steroid dienone is 2. The molecule has 0 amide bonds. The summed E-state index contributed by atoms with van der Waals surface area (Å²) in [5, 5.41) is 0.316. The first kappa shape index (κ1) is 37.3. The van der Waals surface area contributed by atoms with E-state index >= 15 is 0 Å². The van der Waals surface area contributed by atoms with Crippen LogP contribution in [0.5, 0.6) is 0 Å². The zero-order valence-electron chi connectivity index (χ0n) is 31.0. The Balaban J connectivity index is 1.87. The molecule has 1 fully saturated rings. The van der Waals surface area contributed by atoms with Crippen LogP contribution in [0.15, 0.2) is 22.8 Å². The van der Waals surface area contributed by atoms with Crippen LogP contribution in [0, 0.1) is 35.0 Å². The molecule has 0 aromatic heterocycles. The maximum absolute atomic E-state index is 11.7. The fourth-order valence-electron chi connectivity index (χ4n) is 7.49. The number of carbonyl (C=O) groups excluding carboxylic acids is 1. The van der Waals surface area contributed by atoms with Crippen LogP contribution in [0.4, 0.5) is 0 Å². The average Bonchev–Trinajstić information content (AvgIpc) is 3.25. The highest BCUT2D eigenvalue weighted by Gasteiger charge is 2.50. The van der Waals surface area contributed by atoms with Gasteiger partial charge < -0.3 is 13.6 Å². The molecule has 4 unspecified atom stereocenters. The van der Waals surface area contributed by atoms with Gasteiger partial charge >= 0.3 is 5.97 Å². The van der Waals surface area contributed by atoms with Gasteiger partial charge in [-0.05, 0) is 110 Å². The Kier molecular flexibility index (Phi) is 11.8. The standard InChI is InChI=1S/C38H66O4Si2/c1-27(17-15-19-35(39)40-10)32-22-23-33-29(18-16-24-38(32,33)9)20-21-30-25-31(41-43(11,12)36(3,4)5)26-34(28(30)2)42-44(13,14)37(6,7)8/h18,27,31-34H,15-17,19,22-26H2,1-14H3/t27-,31?,32?,33?,34?,38-/m1/s1. The lowest BCUT2D eigenvalue weighted by Gasteiger charge is -2.45. The topological polar surface area (TPSA) is 44.8 Å². The lowest BCUT2D eigenvalue weighted by atomic mass is 9.62. The van der Waals surface area contributed by atoms with E-state index in [1.54, 1.807) is 0 Å². The van der Waals surface area contributed by atoms with Crippen molar-refractivity contribution in [3.05, 3.63) is 22.8 Å². The second-order valence-electron chi connectivity index (χ2n) is 17.6. The molecule has 6 heteroatoms. The Hall–Kier alpha value is -1.14. The van der Waals surface area contributed by atoms with Gasteiger partial charge in [0.25, 0.3) is 0 Å². The van der Waals surface area contributed by atoms with E-state index in [0.717, 1.165) is 32.1 Å². The van der Waals surface area contributed by atoms with Gasteiger partial charge in [0, 0.05) is 30.4 Å². The van der Waals surface area contributed by atoms with Gasteiger partial charge in [-0.25, -0.2) is 0 Å². The predicted molar refractivity (Wildman–Crippen MR) is 191 cm³/mol. The highest BCUT2D eigenvalue weighted by Crippen LogP contribution is 2.58. The van der Waals surface area contributed by atoms with Crippen molar-refractivity contribution >= 4 is 22.6 Å². The first-order valence-corrected chi connectivity index (χ1v) is 23.3. The molecule has 3 rings (SSSR count). The molecule has 0 bridgehead atoms. The summed E-state index contributed by atoms with van der Waals surface area (Å²) in [5.74, 6) is 9.25. The fourth-order valence-corrected chi connectivity index (χ4v) is 10.2. The van der Waals surface area contributed by atoms with Gasteiger partial charge in [0.15, 0.2) is 16.6 Å². The zero-order chi connectivity index (χ0) is 33.3. The number of methoxy groups -OCH3 is 1. The summed E-state index contributed by atoms with van der Waals surface area (Å²) in [6.07, 6.45) is 11.8. The van der Waals surface area contributed by atoms with Crippen LogP contribution < -0.4 is 0 Å². The first-order valence-electron chi connectivity index (χ1n) is 17.5. The van der Waals surface area contributed by atoms with E-state index in [-0.39, 0.29) is 33.7 Å². The summed E-state index contributed by atoms with van der Waals surface area (Å²) in [7, 11) is -2.43. The number of rotatable bonds is 9. The van der Waals surface area contributed by atoms with Crippen LogP contribution >= 0.6 is 0 Å². The summed E-state index contributed by atoms with van der Waals surface area (Å²) in [6.45, 7) is 30.6. The molecule has 0 aromatic rings. The molecule has 0 aliphatic heterocycles. The monoisotopic (exact) mass is 642 g/mol. The van der Waals surface area contributed by atoms with Gasteiger partial charge in [0.05, 0.1) is 19.3 Å². The Morgan fingerprint density at radius 1 is 1.02 bits per heavy atom. The maximum Gasteiger partial charge on any atom is 0.305 e. The van der Waals surface area contributed by atoms with Crippen molar-refractivity contribution in [1.82, 2.24) is 0 Å². The Bertz CT molecular complexity index is 1160. The molecule has 3 aliphatic rings. The van der Waals surface area contributed by atoms with Crippen molar-refractivity contribution in [3.63, 3.8) is 0 Å². The molecule has 0 radical (unpaired) electrons. The normalized spacial score (nSPS) is 29.0. The van der Waals surface area contributed by atoms with Crippen molar-refractivity contribution in [1.29, 1.82) is 0 Å². The van der Waals surface area contributed by atoms with Crippen molar-refractivity contribution in [2.75, 3.05) is 7.11 Å². The highest BCUT2D eigenvalue weighted by atomic mass is 28.4. The van der Waals surface area contributed by atoms with E-state index in [4.69, 9.17) is 13.6 Å². The van der Waals surface area contributed by atoms with Crippen molar-refractivity contribution in [2.45, 2.75) is 169 Å². The van der Waals surface area contributed by atoms with Crippen LogP contribution in [0.1, 0.15) is 120 Å². The molecule has 3 aliphatic carbocycles. The minimum Gasteiger partial charge on any atom is -0.469 e. The minimum absolute atomic E-state index is 0.0658. The molecule has 250 valence electrons. The summed E-state index contributed by atoms with van der Waals surface area (Å²) >= 11 is 0. The molecule has 0 spiro atoms. The molecule has 0 saturated heterocycles. The SMILES string of the molecule is COC(=O)CCC[C@@H](C)C1CCC2C(C#CC3=C(C)C(O[Si](C)(C)C(C)(C)C)CC(O[Si](C)(C)C(C)(C)C)C3)=CCC[C@@]21C. The third kappa shape index (κ3) is 8.41. The van der Waals surface area contributed by atoms with E-state index in [1.165, 1.54) is 43.1 Å². The number of carbonyl (C=O) groups is 1. The number of fused-ring (bicyclic) bond motifs is 1. The van der Waals surface area contributed by atoms with E-state index in [0.29, 0.717) is 24.2 Å². The maximum atomic E-state index is 11.7. The molecular formula is C38H66O4Si2. The Labute approximate surface area is 273 Å². The van der Waals surface area contributed by atoms with Gasteiger partial charge in [-0.2, -0.15) is 0 Å². The lowest BCUT2D eigenvalue weighted by molar-refractivity contribution is -0.140. The van der Waals surface area contributed by atoms with Gasteiger partial charge in [0.1, 0.15) is 0 Å². The molecule has 4 nitrogen and oxygen atoms in total. The van der Waals surface area contributed by atoms with Crippen LogP contribution in [0.3, 0.4) is 0 Å². The molecule has 0 aromatic carbocycles. The number of hydrogen-bond donors (Lipinski definition) is 0. The first-order chi connectivity index (χ1) is 20.1. The molecule has 6 atom stereocenters. The van der Waals surface area contributed by atoms with E-state index in [9.17, 15) is 4.79 Å². The van der Waals surface area contributed by atoms with Crippen LogP contribution in [-0.4, -0.2) is 41.9 Å². The third-order valence-corrected chi connectivity index (χ3v) is 21.5. The number of ether oxygens (including phenoxy) is 1. The van der Waals surface area contributed by atoms with Crippen LogP contribution in [-0.2, 0) is 18.4 Å². The van der Waals surface area contributed by atoms with Gasteiger partial charge in [-0.3, -0.25) is 4.79 Å². The molecule has 1 saturated carbocycles. The van der Waals surface area contributed by atoms with E-state index in [2.05, 4.69) is 106 Å². The minimum atomic E-state index is -1.97. The lowest BCUT2D eigenvalue weighted by Crippen LogP contribution is -2.49. The Morgan fingerprint density at radius 3 is 2.23 bits per heavy atom. The van der Waals surface area contributed by atoms with Crippen molar-refractivity contribution < 1.29 is 18.4 Å². The zero-order valence-corrected chi connectivity index (χ0v) is 33.0. The van der Waals surface area contributed by atoms with Crippen molar-refractivity contribution in [2.24, 2.45) is 23.2 Å². The Morgan fingerprint density at radius 2 is 1.64 bits per heavy atom. The van der Waals surface area contributed by atoms with Crippen LogP contribution in [0.25, 0.3) is 0 Å². The highest BCUT2D eigenvalue weighted by molar-refractivity contribution is 6.74. The van der Waals surface area contributed by atoms with Gasteiger partial charge in [0.2, 0.25) is 0 Å². The summed E-state index contributed by atoms with van der Waals surface area (Å²) < 4.78 is 19.0. The predicted octanol–water partition coefficient (Wildman–Crippen LogP) is 10.6.